The molecular formula is C9H9FN2. The van der Waals surface area contributed by atoms with Gasteiger partial charge in [-0.1, -0.05) is 0 Å². The predicted molar refractivity (Wildman–Crippen MR) is 45.3 cm³/mol. The van der Waals surface area contributed by atoms with Crippen molar-refractivity contribution in [2.24, 2.45) is 0 Å². The van der Waals surface area contributed by atoms with Crippen molar-refractivity contribution in [1.29, 1.82) is 5.26 Å². The standard InChI is InChI=1S/C9H9FN2/c1-2-12-9-5-8(10)4-3-7(9)6-11/h3-5,12H,2H2,1H3. The predicted octanol–water partition coefficient (Wildman–Crippen LogP) is 2.13. The Bertz CT molecular complexity index is 315. The van der Waals surface area contributed by atoms with Gasteiger partial charge < -0.3 is 5.32 Å². The number of nitriles is 1. The summed E-state index contributed by atoms with van der Waals surface area (Å²) in [5.41, 5.74) is 1.03. The van der Waals surface area contributed by atoms with Crippen molar-refractivity contribution < 1.29 is 4.39 Å². The summed E-state index contributed by atoms with van der Waals surface area (Å²) in [6.07, 6.45) is 0. The first kappa shape index (κ1) is 8.54. The maximum atomic E-state index is 12.7. The Labute approximate surface area is 70.6 Å². The van der Waals surface area contributed by atoms with Crippen LogP contribution in [-0.2, 0) is 0 Å². The number of hydrogen-bond acceptors (Lipinski definition) is 2. The average molecular weight is 164 g/mol. The number of halogens is 1. The molecule has 12 heavy (non-hydrogen) atoms. The molecule has 0 aliphatic rings. The summed E-state index contributed by atoms with van der Waals surface area (Å²) in [4.78, 5) is 0. The molecule has 0 saturated carbocycles. The maximum absolute atomic E-state index is 12.7. The minimum atomic E-state index is -0.329. The van der Waals surface area contributed by atoms with Crippen LogP contribution in [0.4, 0.5) is 10.1 Å². The van der Waals surface area contributed by atoms with Gasteiger partial charge in [-0.2, -0.15) is 5.26 Å². The number of nitrogens with zero attached hydrogens (tertiary/aromatic N) is 1. The van der Waals surface area contributed by atoms with Crippen LogP contribution in [0.3, 0.4) is 0 Å². The highest BCUT2D eigenvalue weighted by Gasteiger charge is 2.00. The van der Waals surface area contributed by atoms with Crippen LogP contribution in [0.25, 0.3) is 0 Å². The van der Waals surface area contributed by atoms with Gasteiger partial charge in [-0.05, 0) is 25.1 Å². The first-order valence-corrected chi connectivity index (χ1v) is 3.71. The molecule has 1 aromatic rings. The third kappa shape index (κ3) is 1.73. The summed E-state index contributed by atoms with van der Waals surface area (Å²) in [6.45, 7) is 2.57. The molecule has 1 aromatic carbocycles. The molecule has 0 aromatic heterocycles. The van der Waals surface area contributed by atoms with Crippen molar-refractivity contribution in [2.45, 2.75) is 6.92 Å². The van der Waals surface area contributed by atoms with Gasteiger partial charge >= 0.3 is 0 Å². The molecule has 0 heterocycles. The van der Waals surface area contributed by atoms with Crippen LogP contribution in [0.5, 0.6) is 0 Å². The fourth-order valence-electron chi connectivity index (χ4n) is 0.951. The van der Waals surface area contributed by atoms with Crippen molar-refractivity contribution in [2.75, 3.05) is 11.9 Å². The number of benzene rings is 1. The SMILES string of the molecule is CCNc1cc(F)ccc1C#N. The zero-order valence-corrected chi connectivity index (χ0v) is 6.76. The van der Waals surface area contributed by atoms with Crippen molar-refractivity contribution in [3.8, 4) is 6.07 Å². The zero-order chi connectivity index (χ0) is 8.97. The molecule has 0 fully saturated rings. The maximum Gasteiger partial charge on any atom is 0.125 e. The molecule has 0 amide bonds. The van der Waals surface area contributed by atoms with Crippen LogP contribution in [0.15, 0.2) is 18.2 Å². The van der Waals surface area contributed by atoms with Crippen LogP contribution < -0.4 is 5.32 Å². The van der Waals surface area contributed by atoms with Crippen LogP contribution >= 0.6 is 0 Å². The lowest BCUT2D eigenvalue weighted by atomic mass is 10.2. The Kier molecular flexibility index (Phi) is 2.65. The third-order valence-corrected chi connectivity index (χ3v) is 1.47. The van der Waals surface area contributed by atoms with E-state index in [-0.39, 0.29) is 5.82 Å². The van der Waals surface area contributed by atoms with Crippen molar-refractivity contribution in [3.63, 3.8) is 0 Å². The van der Waals surface area contributed by atoms with Gasteiger partial charge in [0.05, 0.1) is 11.3 Å². The Morgan fingerprint density at radius 2 is 2.33 bits per heavy atom. The lowest BCUT2D eigenvalue weighted by molar-refractivity contribution is 0.628. The lowest BCUT2D eigenvalue weighted by Crippen LogP contribution is -1.99. The van der Waals surface area contributed by atoms with E-state index in [1.807, 2.05) is 13.0 Å². The second-order valence-corrected chi connectivity index (χ2v) is 2.33. The second-order valence-electron chi connectivity index (χ2n) is 2.33. The smallest absolute Gasteiger partial charge is 0.125 e. The molecule has 3 heteroatoms. The summed E-state index contributed by atoms with van der Waals surface area (Å²) < 4.78 is 12.7. The van der Waals surface area contributed by atoms with Gasteiger partial charge in [0.15, 0.2) is 0 Å². The number of anilines is 1. The minimum absolute atomic E-state index is 0.329. The first-order chi connectivity index (χ1) is 5.77. The molecule has 0 saturated heterocycles. The van der Waals surface area contributed by atoms with E-state index in [0.29, 0.717) is 17.8 Å². The monoisotopic (exact) mass is 164 g/mol. The Hall–Kier alpha value is -1.56. The molecule has 0 spiro atoms. The summed E-state index contributed by atoms with van der Waals surface area (Å²) in [6, 6.07) is 6.04. The van der Waals surface area contributed by atoms with Gasteiger partial charge in [0.2, 0.25) is 0 Å². The van der Waals surface area contributed by atoms with E-state index >= 15 is 0 Å². The van der Waals surface area contributed by atoms with Crippen molar-refractivity contribution >= 4 is 5.69 Å². The molecule has 1 rings (SSSR count). The second kappa shape index (κ2) is 3.72. The quantitative estimate of drug-likeness (QED) is 0.726. The Balaban J connectivity index is 3.06. The van der Waals surface area contributed by atoms with E-state index < -0.39 is 0 Å². The topological polar surface area (TPSA) is 35.8 Å². The first-order valence-electron chi connectivity index (χ1n) is 3.71. The Morgan fingerprint density at radius 1 is 1.58 bits per heavy atom. The summed E-state index contributed by atoms with van der Waals surface area (Å²) in [5, 5.41) is 11.5. The molecule has 0 radical (unpaired) electrons. The fraction of sp³-hybridized carbons (Fsp3) is 0.222. The summed E-state index contributed by atoms with van der Waals surface area (Å²) in [7, 11) is 0. The molecule has 0 aliphatic carbocycles. The van der Waals surface area contributed by atoms with E-state index in [1.54, 1.807) is 0 Å². The zero-order valence-electron chi connectivity index (χ0n) is 6.76. The van der Waals surface area contributed by atoms with Gasteiger partial charge in [-0.15, -0.1) is 0 Å². The fourth-order valence-corrected chi connectivity index (χ4v) is 0.951. The number of rotatable bonds is 2. The Morgan fingerprint density at radius 3 is 2.92 bits per heavy atom. The molecule has 0 unspecified atom stereocenters. The van der Waals surface area contributed by atoms with E-state index in [9.17, 15) is 4.39 Å². The number of nitrogens with one attached hydrogen (secondary N) is 1. The third-order valence-electron chi connectivity index (χ3n) is 1.47. The molecule has 0 bridgehead atoms. The lowest BCUT2D eigenvalue weighted by Gasteiger charge is -2.04. The van der Waals surface area contributed by atoms with E-state index in [1.165, 1.54) is 18.2 Å². The largest absolute Gasteiger partial charge is 0.384 e. The molecule has 0 atom stereocenters. The van der Waals surface area contributed by atoms with Crippen molar-refractivity contribution in [3.05, 3.63) is 29.6 Å². The van der Waals surface area contributed by atoms with Gasteiger partial charge in [0.25, 0.3) is 0 Å². The highest BCUT2D eigenvalue weighted by atomic mass is 19.1. The minimum Gasteiger partial charge on any atom is -0.384 e. The molecule has 62 valence electrons. The van der Waals surface area contributed by atoms with Crippen LogP contribution in [0.1, 0.15) is 12.5 Å². The average Bonchev–Trinajstić information content (AvgIpc) is 2.05. The van der Waals surface area contributed by atoms with E-state index in [0.717, 1.165) is 0 Å². The molecule has 2 nitrogen and oxygen atoms in total. The van der Waals surface area contributed by atoms with Crippen LogP contribution in [0, 0.1) is 17.1 Å². The highest BCUT2D eigenvalue weighted by Crippen LogP contribution is 2.15. The number of hydrogen-bond donors (Lipinski definition) is 1. The van der Waals surface area contributed by atoms with Crippen LogP contribution in [0.2, 0.25) is 0 Å². The normalized spacial score (nSPS) is 9.08. The van der Waals surface area contributed by atoms with Gasteiger partial charge in [-0.3, -0.25) is 0 Å². The van der Waals surface area contributed by atoms with Gasteiger partial charge in [0.1, 0.15) is 11.9 Å². The molecule has 1 N–H and O–H groups in total. The summed E-state index contributed by atoms with van der Waals surface area (Å²) >= 11 is 0. The molecular weight excluding hydrogens is 155 g/mol. The van der Waals surface area contributed by atoms with E-state index in [4.69, 9.17) is 5.26 Å². The van der Waals surface area contributed by atoms with Gasteiger partial charge in [-0.25, -0.2) is 4.39 Å². The highest BCUT2D eigenvalue weighted by molar-refractivity contribution is 5.57. The summed E-state index contributed by atoms with van der Waals surface area (Å²) in [5.74, 6) is -0.329. The van der Waals surface area contributed by atoms with Crippen molar-refractivity contribution in [1.82, 2.24) is 0 Å². The van der Waals surface area contributed by atoms with Crippen LogP contribution in [-0.4, -0.2) is 6.54 Å². The van der Waals surface area contributed by atoms with E-state index in [2.05, 4.69) is 5.32 Å². The molecule has 0 aliphatic heterocycles. The van der Waals surface area contributed by atoms with Gasteiger partial charge in [0, 0.05) is 6.54 Å².